The molecule has 2 aromatic carbocycles. The van der Waals surface area contributed by atoms with Gasteiger partial charge in [0.05, 0.1) is 6.04 Å². The second-order valence-electron chi connectivity index (χ2n) is 9.66. The molecule has 1 aliphatic rings. The van der Waals surface area contributed by atoms with Crippen molar-refractivity contribution >= 4 is 17.6 Å². The molecule has 0 bridgehead atoms. The molecule has 2 heterocycles. The molecule has 1 aliphatic heterocycles. The van der Waals surface area contributed by atoms with Crippen molar-refractivity contribution in [2.45, 2.75) is 52.6 Å². The molecule has 0 radical (unpaired) electrons. The molecule has 1 aromatic heterocycles. The molecule has 0 fully saturated rings. The van der Waals surface area contributed by atoms with Crippen LogP contribution in [0.25, 0.3) is 0 Å². The lowest BCUT2D eigenvalue weighted by Gasteiger charge is -2.38. The van der Waals surface area contributed by atoms with Crippen LogP contribution in [0.15, 0.2) is 66.9 Å². The summed E-state index contributed by atoms with van der Waals surface area (Å²) in [4.78, 5) is 30.3. The quantitative estimate of drug-likeness (QED) is 0.473. The van der Waals surface area contributed by atoms with Crippen molar-refractivity contribution < 1.29 is 9.59 Å². The molecular weight excluding hydrogens is 436 g/mol. The maximum Gasteiger partial charge on any atom is 0.322 e. The van der Waals surface area contributed by atoms with Gasteiger partial charge in [-0.3, -0.25) is 4.79 Å². The SMILES string of the molecule is CCCN(CC(=O)N1CCn2cccc2[C@H]1c1ccc(C)cc1)C(=O)Nc1ccc(C(C)C)cc1. The lowest BCUT2D eigenvalue weighted by Crippen LogP contribution is -2.48. The predicted molar refractivity (Wildman–Crippen MR) is 141 cm³/mol. The van der Waals surface area contributed by atoms with Crippen LogP contribution in [0.4, 0.5) is 10.5 Å². The number of hydrogen-bond donors (Lipinski definition) is 1. The summed E-state index contributed by atoms with van der Waals surface area (Å²) in [5.41, 5.74) is 5.33. The van der Waals surface area contributed by atoms with E-state index in [2.05, 4.69) is 67.2 Å². The van der Waals surface area contributed by atoms with E-state index >= 15 is 0 Å². The Hall–Kier alpha value is -3.54. The highest BCUT2D eigenvalue weighted by Gasteiger charge is 2.33. The van der Waals surface area contributed by atoms with Crippen LogP contribution in [0.2, 0.25) is 0 Å². The van der Waals surface area contributed by atoms with Gasteiger partial charge in [0.1, 0.15) is 6.54 Å². The number of anilines is 1. The van der Waals surface area contributed by atoms with Gasteiger partial charge in [0.2, 0.25) is 5.91 Å². The van der Waals surface area contributed by atoms with Gasteiger partial charge in [0.25, 0.3) is 0 Å². The lowest BCUT2D eigenvalue weighted by atomic mass is 9.98. The standard InChI is InChI=1S/C29H36N4O2/c1-5-16-32(29(35)30-25-14-12-23(13-15-25)21(2)3)20-27(34)33-19-18-31-17-6-7-26(31)28(33)24-10-8-22(4)9-11-24/h6-15,17,21,28H,5,16,18-20H2,1-4H3,(H,30,35)/t28-/m1/s1. The van der Waals surface area contributed by atoms with Crippen molar-refractivity contribution in [3.05, 3.63) is 89.2 Å². The minimum absolute atomic E-state index is 0.0400. The monoisotopic (exact) mass is 472 g/mol. The first-order valence-electron chi connectivity index (χ1n) is 12.5. The van der Waals surface area contributed by atoms with E-state index in [4.69, 9.17) is 0 Å². The Bertz CT molecular complexity index is 1150. The third-order valence-corrected chi connectivity index (χ3v) is 6.69. The summed E-state index contributed by atoms with van der Waals surface area (Å²) in [5.74, 6) is 0.392. The zero-order chi connectivity index (χ0) is 24.9. The van der Waals surface area contributed by atoms with E-state index in [0.29, 0.717) is 19.0 Å². The van der Waals surface area contributed by atoms with Gasteiger partial charge in [-0.25, -0.2) is 4.79 Å². The molecule has 6 heteroatoms. The number of carbonyl (C=O) groups is 2. The molecule has 0 aliphatic carbocycles. The number of aromatic nitrogens is 1. The van der Waals surface area contributed by atoms with Gasteiger partial charge in [-0.15, -0.1) is 0 Å². The van der Waals surface area contributed by atoms with Crippen LogP contribution in [0, 0.1) is 6.92 Å². The van der Waals surface area contributed by atoms with Crippen LogP contribution in [0.1, 0.15) is 61.5 Å². The summed E-state index contributed by atoms with van der Waals surface area (Å²) >= 11 is 0. The van der Waals surface area contributed by atoms with E-state index < -0.39 is 0 Å². The van der Waals surface area contributed by atoms with E-state index in [0.717, 1.165) is 29.9 Å². The highest BCUT2D eigenvalue weighted by Crippen LogP contribution is 2.32. The second-order valence-corrected chi connectivity index (χ2v) is 9.66. The fraction of sp³-hybridized carbons (Fsp3) is 0.379. The predicted octanol–water partition coefficient (Wildman–Crippen LogP) is 5.80. The highest BCUT2D eigenvalue weighted by molar-refractivity contribution is 5.92. The average molecular weight is 473 g/mol. The molecule has 1 atom stereocenters. The third-order valence-electron chi connectivity index (χ3n) is 6.69. The molecule has 0 spiro atoms. The van der Waals surface area contributed by atoms with Crippen molar-refractivity contribution in [1.82, 2.24) is 14.4 Å². The number of carbonyl (C=O) groups excluding carboxylic acids is 2. The normalized spacial score (nSPS) is 15.1. The number of benzene rings is 2. The summed E-state index contributed by atoms with van der Waals surface area (Å²) in [5, 5.41) is 2.97. The second kappa shape index (κ2) is 10.8. The fourth-order valence-corrected chi connectivity index (χ4v) is 4.68. The van der Waals surface area contributed by atoms with E-state index in [9.17, 15) is 9.59 Å². The smallest absolute Gasteiger partial charge is 0.322 e. The average Bonchev–Trinajstić information content (AvgIpc) is 3.33. The first-order chi connectivity index (χ1) is 16.9. The van der Waals surface area contributed by atoms with Crippen molar-refractivity contribution in [3.8, 4) is 0 Å². The van der Waals surface area contributed by atoms with Gasteiger partial charge in [-0.1, -0.05) is 62.7 Å². The Morgan fingerprint density at radius 2 is 1.74 bits per heavy atom. The van der Waals surface area contributed by atoms with E-state index in [-0.39, 0.29) is 24.5 Å². The number of rotatable bonds is 7. The molecule has 3 aromatic rings. The van der Waals surface area contributed by atoms with Crippen LogP contribution in [0.3, 0.4) is 0 Å². The molecule has 1 N–H and O–H groups in total. The number of urea groups is 1. The van der Waals surface area contributed by atoms with E-state index in [1.54, 1.807) is 4.90 Å². The summed E-state index contributed by atoms with van der Waals surface area (Å²) in [7, 11) is 0. The van der Waals surface area contributed by atoms with Crippen LogP contribution >= 0.6 is 0 Å². The Labute approximate surface area is 208 Å². The Morgan fingerprint density at radius 1 is 1.03 bits per heavy atom. The number of nitrogens with one attached hydrogen (secondary N) is 1. The van der Waals surface area contributed by atoms with E-state index in [1.807, 2.05) is 42.2 Å². The number of nitrogens with zero attached hydrogens (tertiary/aromatic N) is 3. The number of aryl methyl sites for hydroxylation is 1. The van der Waals surface area contributed by atoms with Gasteiger partial charge in [0, 0.05) is 37.2 Å². The Balaban J connectivity index is 1.52. The molecule has 4 rings (SSSR count). The summed E-state index contributed by atoms with van der Waals surface area (Å²) in [6.07, 6.45) is 2.84. The fourth-order valence-electron chi connectivity index (χ4n) is 4.68. The maximum atomic E-state index is 13.6. The molecule has 35 heavy (non-hydrogen) atoms. The lowest BCUT2D eigenvalue weighted by molar-refractivity contribution is -0.134. The molecule has 0 unspecified atom stereocenters. The molecule has 3 amide bonds. The summed E-state index contributed by atoms with van der Waals surface area (Å²) in [6, 6.07) is 20.0. The molecule has 184 valence electrons. The van der Waals surface area contributed by atoms with Crippen molar-refractivity contribution in [2.75, 3.05) is 25.0 Å². The van der Waals surface area contributed by atoms with Crippen LogP contribution in [-0.2, 0) is 11.3 Å². The number of fused-ring (bicyclic) bond motifs is 1. The van der Waals surface area contributed by atoms with Crippen molar-refractivity contribution in [3.63, 3.8) is 0 Å². The zero-order valence-electron chi connectivity index (χ0n) is 21.2. The molecule has 0 saturated heterocycles. The van der Waals surface area contributed by atoms with Crippen molar-refractivity contribution in [2.24, 2.45) is 0 Å². The summed E-state index contributed by atoms with van der Waals surface area (Å²) < 4.78 is 2.21. The topological polar surface area (TPSA) is 57.6 Å². The van der Waals surface area contributed by atoms with Gasteiger partial charge < -0.3 is 19.7 Å². The zero-order valence-corrected chi connectivity index (χ0v) is 21.2. The largest absolute Gasteiger partial charge is 0.348 e. The molecular formula is C29H36N4O2. The van der Waals surface area contributed by atoms with Gasteiger partial charge in [0.15, 0.2) is 0 Å². The van der Waals surface area contributed by atoms with Gasteiger partial charge in [-0.05, 0) is 54.7 Å². The molecule has 0 saturated carbocycles. The third kappa shape index (κ3) is 5.59. The van der Waals surface area contributed by atoms with Crippen LogP contribution in [0.5, 0.6) is 0 Å². The highest BCUT2D eigenvalue weighted by atomic mass is 16.2. The van der Waals surface area contributed by atoms with Crippen LogP contribution in [-0.4, -0.2) is 45.9 Å². The van der Waals surface area contributed by atoms with Gasteiger partial charge in [-0.2, -0.15) is 0 Å². The van der Waals surface area contributed by atoms with E-state index in [1.165, 1.54) is 11.1 Å². The Morgan fingerprint density at radius 3 is 2.40 bits per heavy atom. The van der Waals surface area contributed by atoms with Crippen molar-refractivity contribution in [1.29, 1.82) is 0 Å². The maximum absolute atomic E-state index is 13.6. The first kappa shape index (κ1) is 24.6. The number of amides is 3. The first-order valence-corrected chi connectivity index (χ1v) is 12.5. The minimum atomic E-state index is -0.246. The molecule has 6 nitrogen and oxygen atoms in total. The number of hydrogen-bond acceptors (Lipinski definition) is 2. The summed E-state index contributed by atoms with van der Waals surface area (Å²) in [6.45, 7) is 10.3. The van der Waals surface area contributed by atoms with Gasteiger partial charge >= 0.3 is 6.03 Å². The Kier molecular flexibility index (Phi) is 7.59. The van der Waals surface area contributed by atoms with Crippen LogP contribution < -0.4 is 5.32 Å². The minimum Gasteiger partial charge on any atom is -0.348 e.